The molecule has 0 aliphatic carbocycles. The van der Waals surface area contributed by atoms with Gasteiger partial charge in [0, 0.05) is 11.0 Å². The van der Waals surface area contributed by atoms with Gasteiger partial charge in [-0.3, -0.25) is 4.79 Å². The van der Waals surface area contributed by atoms with Gasteiger partial charge in [-0.25, -0.2) is 8.78 Å². The summed E-state index contributed by atoms with van der Waals surface area (Å²) < 4.78 is 31.5. The number of rotatable bonds is 5. The highest BCUT2D eigenvalue weighted by Crippen LogP contribution is 2.29. The predicted molar refractivity (Wildman–Crippen MR) is 71.9 cm³/mol. The van der Waals surface area contributed by atoms with Crippen molar-refractivity contribution in [3.63, 3.8) is 0 Å². The quantitative estimate of drug-likeness (QED) is 0.513. The molecule has 0 aliphatic heterocycles. The molecule has 0 bridgehead atoms. The average Bonchev–Trinajstić information content (AvgIpc) is 2.32. The van der Waals surface area contributed by atoms with Gasteiger partial charge in [0.05, 0.1) is 12.3 Å². The highest BCUT2D eigenvalue weighted by atomic mass is 32.2. The standard InChI is InChI=1S/C13H17F2NO2S/c1-7(2)6-18-13(17)8(3)19-12-5-11(16)9(14)4-10(12)15/h4-5,7-8H,6,16H2,1-3H3. The Morgan fingerprint density at radius 2 is 1.95 bits per heavy atom. The van der Waals surface area contributed by atoms with E-state index in [2.05, 4.69) is 0 Å². The van der Waals surface area contributed by atoms with E-state index < -0.39 is 22.9 Å². The minimum atomic E-state index is -0.808. The third kappa shape index (κ3) is 4.70. The number of nitrogens with two attached hydrogens (primary N) is 1. The van der Waals surface area contributed by atoms with Crippen LogP contribution in [0.25, 0.3) is 0 Å². The molecular formula is C13H17F2NO2S. The molecule has 0 saturated carbocycles. The van der Waals surface area contributed by atoms with Gasteiger partial charge in [0.25, 0.3) is 0 Å². The van der Waals surface area contributed by atoms with Crippen LogP contribution in [-0.4, -0.2) is 17.8 Å². The molecule has 0 radical (unpaired) electrons. The van der Waals surface area contributed by atoms with Crippen molar-refractivity contribution in [2.24, 2.45) is 5.92 Å². The number of thioether (sulfide) groups is 1. The van der Waals surface area contributed by atoms with Gasteiger partial charge in [0.15, 0.2) is 0 Å². The van der Waals surface area contributed by atoms with Crippen molar-refractivity contribution in [1.29, 1.82) is 0 Å². The van der Waals surface area contributed by atoms with Gasteiger partial charge in [0.1, 0.15) is 16.9 Å². The smallest absolute Gasteiger partial charge is 0.319 e. The van der Waals surface area contributed by atoms with Crippen molar-refractivity contribution >= 4 is 23.4 Å². The maximum atomic E-state index is 13.5. The third-order valence-corrected chi connectivity index (χ3v) is 3.36. The topological polar surface area (TPSA) is 52.3 Å². The molecule has 0 fully saturated rings. The second kappa shape index (κ2) is 6.75. The van der Waals surface area contributed by atoms with Crippen molar-refractivity contribution in [1.82, 2.24) is 0 Å². The highest BCUT2D eigenvalue weighted by Gasteiger charge is 2.19. The van der Waals surface area contributed by atoms with Gasteiger partial charge in [-0.05, 0) is 18.9 Å². The fourth-order valence-corrected chi connectivity index (χ4v) is 2.15. The number of carbonyl (C=O) groups excluding carboxylic acids is 1. The first-order chi connectivity index (χ1) is 8.81. The molecule has 1 aromatic carbocycles. The Kier molecular flexibility index (Phi) is 5.60. The zero-order valence-corrected chi connectivity index (χ0v) is 11.9. The first kappa shape index (κ1) is 15.8. The van der Waals surface area contributed by atoms with Crippen LogP contribution >= 0.6 is 11.8 Å². The number of hydrogen-bond donors (Lipinski definition) is 1. The Bertz CT molecular complexity index is 466. The number of halogens is 2. The van der Waals surface area contributed by atoms with Gasteiger partial charge in [-0.2, -0.15) is 0 Å². The van der Waals surface area contributed by atoms with E-state index in [4.69, 9.17) is 10.5 Å². The Morgan fingerprint density at radius 1 is 1.32 bits per heavy atom. The van der Waals surface area contributed by atoms with Crippen LogP contribution in [-0.2, 0) is 9.53 Å². The fourth-order valence-electron chi connectivity index (χ4n) is 1.24. The van der Waals surface area contributed by atoms with Crippen LogP contribution in [0.1, 0.15) is 20.8 Å². The highest BCUT2D eigenvalue weighted by molar-refractivity contribution is 8.00. The molecule has 106 valence electrons. The molecule has 1 rings (SSSR count). The van der Waals surface area contributed by atoms with Crippen LogP contribution < -0.4 is 5.73 Å². The Labute approximate surface area is 115 Å². The fraction of sp³-hybridized carbons (Fsp3) is 0.462. The summed E-state index contributed by atoms with van der Waals surface area (Å²) in [5, 5.41) is -0.585. The molecule has 1 unspecified atom stereocenters. The number of esters is 1. The van der Waals surface area contributed by atoms with E-state index in [0.29, 0.717) is 12.7 Å². The van der Waals surface area contributed by atoms with Crippen LogP contribution in [0.3, 0.4) is 0 Å². The average molecular weight is 289 g/mol. The minimum absolute atomic E-state index is 0.132. The van der Waals surface area contributed by atoms with E-state index in [1.54, 1.807) is 6.92 Å². The summed E-state index contributed by atoms with van der Waals surface area (Å²) in [5.74, 6) is -1.74. The molecule has 0 amide bonds. The van der Waals surface area contributed by atoms with Gasteiger partial charge in [0.2, 0.25) is 0 Å². The van der Waals surface area contributed by atoms with E-state index in [1.165, 1.54) is 6.07 Å². The number of benzene rings is 1. The van der Waals surface area contributed by atoms with Gasteiger partial charge >= 0.3 is 5.97 Å². The molecule has 1 atom stereocenters. The van der Waals surface area contributed by atoms with E-state index in [0.717, 1.165) is 11.8 Å². The molecule has 0 saturated heterocycles. The maximum Gasteiger partial charge on any atom is 0.319 e. The van der Waals surface area contributed by atoms with Crippen LogP contribution in [0.15, 0.2) is 17.0 Å². The van der Waals surface area contributed by atoms with Crippen LogP contribution in [0.2, 0.25) is 0 Å². The lowest BCUT2D eigenvalue weighted by Gasteiger charge is -2.13. The summed E-state index contributed by atoms with van der Waals surface area (Å²) in [6, 6.07) is 1.89. The molecule has 6 heteroatoms. The van der Waals surface area contributed by atoms with Crippen LogP contribution in [0.5, 0.6) is 0 Å². The normalized spacial score (nSPS) is 12.5. The molecular weight excluding hydrogens is 272 g/mol. The zero-order valence-electron chi connectivity index (χ0n) is 11.1. The lowest BCUT2D eigenvalue weighted by Crippen LogP contribution is -2.19. The number of hydrogen-bond acceptors (Lipinski definition) is 4. The van der Waals surface area contributed by atoms with Crippen molar-refractivity contribution < 1.29 is 18.3 Å². The molecule has 0 heterocycles. The van der Waals surface area contributed by atoms with Gasteiger partial charge in [-0.1, -0.05) is 13.8 Å². The Morgan fingerprint density at radius 3 is 2.53 bits per heavy atom. The summed E-state index contributed by atoms with van der Waals surface area (Å²) in [5.41, 5.74) is 5.22. The lowest BCUT2D eigenvalue weighted by atomic mass is 10.2. The molecule has 2 N–H and O–H groups in total. The molecule has 0 aliphatic rings. The second-order valence-corrected chi connectivity index (χ2v) is 5.97. The largest absolute Gasteiger partial charge is 0.465 e. The maximum absolute atomic E-state index is 13.5. The summed E-state index contributed by atoms with van der Waals surface area (Å²) in [4.78, 5) is 11.8. The molecule has 3 nitrogen and oxygen atoms in total. The van der Waals surface area contributed by atoms with E-state index >= 15 is 0 Å². The summed E-state index contributed by atoms with van der Waals surface area (Å²) in [6.45, 7) is 5.76. The van der Waals surface area contributed by atoms with Crippen LogP contribution in [0.4, 0.5) is 14.5 Å². The van der Waals surface area contributed by atoms with Crippen molar-refractivity contribution in [3.05, 3.63) is 23.8 Å². The van der Waals surface area contributed by atoms with Crippen LogP contribution in [0, 0.1) is 17.6 Å². The van der Waals surface area contributed by atoms with Gasteiger partial charge in [-0.15, -0.1) is 11.8 Å². The first-order valence-corrected chi connectivity index (χ1v) is 6.77. The predicted octanol–water partition coefficient (Wildman–Crippen LogP) is 3.23. The van der Waals surface area contributed by atoms with E-state index in [1.807, 2.05) is 13.8 Å². The number of ether oxygens (including phenoxy) is 1. The Hall–Kier alpha value is -1.30. The molecule has 1 aromatic rings. The number of nitrogen functional groups attached to an aromatic ring is 1. The third-order valence-electron chi connectivity index (χ3n) is 2.25. The summed E-state index contributed by atoms with van der Waals surface area (Å²) in [6.07, 6.45) is 0. The summed E-state index contributed by atoms with van der Waals surface area (Å²) in [7, 11) is 0. The van der Waals surface area contributed by atoms with E-state index in [-0.39, 0.29) is 16.5 Å². The van der Waals surface area contributed by atoms with Crippen molar-refractivity contribution in [2.45, 2.75) is 30.9 Å². The number of anilines is 1. The first-order valence-electron chi connectivity index (χ1n) is 5.89. The Balaban J connectivity index is 2.69. The number of carbonyl (C=O) groups is 1. The van der Waals surface area contributed by atoms with Crippen molar-refractivity contribution in [3.8, 4) is 0 Å². The summed E-state index contributed by atoms with van der Waals surface area (Å²) >= 11 is 0.957. The van der Waals surface area contributed by atoms with E-state index in [9.17, 15) is 13.6 Å². The molecule has 19 heavy (non-hydrogen) atoms. The zero-order chi connectivity index (χ0) is 14.6. The monoisotopic (exact) mass is 289 g/mol. The molecule has 0 spiro atoms. The van der Waals surface area contributed by atoms with Crippen molar-refractivity contribution in [2.75, 3.05) is 12.3 Å². The molecule has 0 aromatic heterocycles. The SMILES string of the molecule is CC(C)COC(=O)C(C)Sc1cc(N)c(F)cc1F. The lowest BCUT2D eigenvalue weighted by molar-refractivity contribution is -0.143. The van der Waals surface area contributed by atoms with Gasteiger partial charge < -0.3 is 10.5 Å². The second-order valence-electron chi connectivity index (χ2n) is 4.59. The minimum Gasteiger partial charge on any atom is -0.465 e.